The number of likely N-dealkylation sites (tertiary alicyclic amines) is 1. The van der Waals surface area contributed by atoms with Crippen molar-refractivity contribution in [1.29, 1.82) is 0 Å². The van der Waals surface area contributed by atoms with E-state index in [-0.39, 0.29) is 17.7 Å². The number of fused-ring (bicyclic) bond motifs is 1. The van der Waals surface area contributed by atoms with Crippen LogP contribution in [0.4, 0.5) is 0 Å². The van der Waals surface area contributed by atoms with E-state index in [9.17, 15) is 19.5 Å². The normalized spacial score (nSPS) is 27.2. The number of rotatable bonds is 7. The van der Waals surface area contributed by atoms with Gasteiger partial charge in [0.25, 0.3) is 0 Å². The van der Waals surface area contributed by atoms with E-state index in [0.717, 1.165) is 23.1 Å². The number of carboxylic acid groups (broad SMARTS) is 1. The Kier molecular flexibility index (Phi) is 5.91. The Morgan fingerprint density at radius 3 is 2.22 bits per heavy atom. The molecule has 6 nitrogen and oxygen atoms in total. The maximum Gasteiger partial charge on any atom is 0.325 e. The zero-order chi connectivity index (χ0) is 23.0. The molecule has 0 aromatic heterocycles. The minimum Gasteiger partial charge on any atom is -0.480 e. The largest absolute Gasteiger partial charge is 0.480 e. The number of unbranched alkanes of at least 4 members (excludes halogenated alkanes) is 1. The third kappa shape index (κ3) is 3.34. The maximum atomic E-state index is 13.4. The molecule has 2 amide bonds. The molecule has 0 bridgehead atoms. The SMILES string of the molecule is CCCCN1C(=O)C2C(c3ccc(-c4ccccc4)cc3)NC(C(=O)O)(C(C)C)C2C1=O. The zero-order valence-electron chi connectivity index (χ0n) is 18.7. The molecule has 6 heteroatoms. The van der Waals surface area contributed by atoms with Gasteiger partial charge in [-0.2, -0.15) is 0 Å². The highest BCUT2D eigenvalue weighted by atomic mass is 16.4. The lowest BCUT2D eigenvalue weighted by molar-refractivity contribution is -0.153. The molecule has 4 unspecified atom stereocenters. The van der Waals surface area contributed by atoms with Crippen molar-refractivity contribution < 1.29 is 19.5 Å². The second-order valence-corrected chi connectivity index (χ2v) is 9.12. The number of carbonyl (C=O) groups excluding carboxylic acids is 2. The fourth-order valence-corrected chi connectivity index (χ4v) is 5.31. The molecular weight excluding hydrogens is 404 g/mol. The van der Waals surface area contributed by atoms with Crippen molar-refractivity contribution in [3.8, 4) is 11.1 Å². The summed E-state index contributed by atoms with van der Waals surface area (Å²) in [5.74, 6) is -3.71. The summed E-state index contributed by atoms with van der Waals surface area (Å²) in [4.78, 5) is 40.6. The lowest BCUT2D eigenvalue weighted by Crippen LogP contribution is -2.59. The van der Waals surface area contributed by atoms with Crippen LogP contribution in [-0.4, -0.2) is 39.9 Å². The molecule has 0 radical (unpaired) electrons. The van der Waals surface area contributed by atoms with Crippen LogP contribution >= 0.6 is 0 Å². The van der Waals surface area contributed by atoms with Gasteiger partial charge >= 0.3 is 5.97 Å². The van der Waals surface area contributed by atoms with Crippen LogP contribution in [-0.2, 0) is 14.4 Å². The van der Waals surface area contributed by atoms with Crippen LogP contribution in [0, 0.1) is 17.8 Å². The molecular formula is C26H30N2O4. The van der Waals surface area contributed by atoms with Crippen LogP contribution in [0.5, 0.6) is 0 Å². The Bertz CT molecular complexity index is 1020. The van der Waals surface area contributed by atoms with Gasteiger partial charge in [0.15, 0.2) is 0 Å². The van der Waals surface area contributed by atoms with Crippen LogP contribution in [0.3, 0.4) is 0 Å². The molecule has 2 aliphatic heterocycles. The second kappa shape index (κ2) is 8.51. The van der Waals surface area contributed by atoms with Gasteiger partial charge in [-0.05, 0) is 29.0 Å². The van der Waals surface area contributed by atoms with Gasteiger partial charge in [0, 0.05) is 12.6 Å². The fourth-order valence-electron chi connectivity index (χ4n) is 5.31. The molecule has 32 heavy (non-hydrogen) atoms. The van der Waals surface area contributed by atoms with Crippen LogP contribution in [0.1, 0.15) is 45.2 Å². The quantitative estimate of drug-likeness (QED) is 0.646. The summed E-state index contributed by atoms with van der Waals surface area (Å²) >= 11 is 0. The Hall–Kier alpha value is -2.99. The number of hydrogen-bond acceptors (Lipinski definition) is 4. The number of nitrogens with zero attached hydrogens (tertiary/aromatic N) is 1. The van der Waals surface area contributed by atoms with E-state index in [4.69, 9.17) is 0 Å². The first kappa shape index (κ1) is 22.2. The predicted octanol–water partition coefficient (Wildman–Crippen LogP) is 3.88. The van der Waals surface area contributed by atoms with E-state index >= 15 is 0 Å². The number of hydrogen-bond donors (Lipinski definition) is 2. The number of aliphatic carboxylic acids is 1. The minimum absolute atomic E-state index is 0.262. The van der Waals surface area contributed by atoms with Crippen LogP contribution < -0.4 is 5.32 Å². The Balaban J connectivity index is 1.75. The second-order valence-electron chi connectivity index (χ2n) is 9.12. The molecule has 168 valence electrons. The molecule has 2 aliphatic rings. The van der Waals surface area contributed by atoms with E-state index < -0.39 is 29.4 Å². The van der Waals surface area contributed by atoms with Crippen molar-refractivity contribution in [2.24, 2.45) is 17.8 Å². The number of nitrogens with one attached hydrogen (secondary N) is 1. The van der Waals surface area contributed by atoms with Crippen molar-refractivity contribution in [2.45, 2.75) is 45.2 Å². The minimum atomic E-state index is -1.48. The third-order valence-corrected chi connectivity index (χ3v) is 7.06. The summed E-state index contributed by atoms with van der Waals surface area (Å²) in [6, 6.07) is 17.3. The van der Waals surface area contributed by atoms with E-state index in [1.165, 1.54) is 4.90 Å². The van der Waals surface area contributed by atoms with Gasteiger partial charge in [-0.15, -0.1) is 0 Å². The standard InChI is InChI=1S/C26H30N2O4/c1-4-5-15-28-23(29)20-21(24(28)30)26(16(2)3,25(31)32)27-22(20)19-13-11-18(12-14-19)17-9-7-6-8-10-17/h6-14,16,20-22,27H,4-5,15H2,1-3H3,(H,31,32). The highest BCUT2D eigenvalue weighted by Crippen LogP contribution is 2.51. The van der Waals surface area contributed by atoms with Gasteiger partial charge in [-0.3, -0.25) is 24.6 Å². The molecule has 2 heterocycles. The Morgan fingerprint density at radius 2 is 1.66 bits per heavy atom. The molecule has 2 aromatic rings. The van der Waals surface area contributed by atoms with Gasteiger partial charge in [0.1, 0.15) is 5.54 Å². The van der Waals surface area contributed by atoms with Crippen LogP contribution in [0.2, 0.25) is 0 Å². The monoisotopic (exact) mass is 434 g/mol. The molecule has 0 saturated carbocycles. The summed E-state index contributed by atoms with van der Waals surface area (Å²) in [5.41, 5.74) is 1.45. The molecule has 0 aliphatic carbocycles. The average Bonchev–Trinajstić information content (AvgIpc) is 3.28. The summed E-state index contributed by atoms with van der Waals surface area (Å²) < 4.78 is 0. The van der Waals surface area contributed by atoms with E-state index in [1.54, 1.807) is 13.8 Å². The molecule has 2 fully saturated rings. The first-order valence-corrected chi connectivity index (χ1v) is 11.3. The van der Waals surface area contributed by atoms with Gasteiger partial charge in [0.2, 0.25) is 11.8 Å². The fraction of sp³-hybridized carbons (Fsp3) is 0.423. The first-order chi connectivity index (χ1) is 15.3. The van der Waals surface area contributed by atoms with E-state index in [0.29, 0.717) is 13.0 Å². The lowest BCUT2D eigenvalue weighted by Gasteiger charge is -2.34. The van der Waals surface area contributed by atoms with Crippen molar-refractivity contribution in [1.82, 2.24) is 10.2 Å². The Labute approximate surface area is 188 Å². The van der Waals surface area contributed by atoms with Gasteiger partial charge < -0.3 is 5.11 Å². The number of carbonyl (C=O) groups is 3. The van der Waals surface area contributed by atoms with Crippen molar-refractivity contribution in [3.05, 3.63) is 60.2 Å². The Morgan fingerprint density at radius 1 is 1.03 bits per heavy atom. The van der Waals surface area contributed by atoms with Crippen molar-refractivity contribution >= 4 is 17.8 Å². The molecule has 2 N–H and O–H groups in total. The van der Waals surface area contributed by atoms with Gasteiger partial charge in [-0.25, -0.2) is 0 Å². The van der Waals surface area contributed by atoms with Gasteiger partial charge in [-0.1, -0.05) is 81.8 Å². The maximum absolute atomic E-state index is 13.4. The summed E-state index contributed by atoms with van der Waals surface area (Å²) in [6.45, 7) is 5.94. The first-order valence-electron chi connectivity index (χ1n) is 11.3. The van der Waals surface area contributed by atoms with Gasteiger partial charge in [0.05, 0.1) is 11.8 Å². The number of carboxylic acids is 1. The smallest absolute Gasteiger partial charge is 0.325 e. The molecule has 0 spiro atoms. The molecule has 4 atom stereocenters. The van der Waals surface area contributed by atoms with E-state index in [2.05, 4.69) is 5.32 Å². The molecule has 4 rings (SSSR count). The zero-order valence-corrected chi connectivity index (χ0v) is 18.7. The molecule has 2 saturated heterocycles. The number of amides is 2. The molecule has 2 aromatic carbocycles. The third-order valence-electron chi connectivity index (χ3n) is 7.06. The summed E-state index contributed by atoms with van der Waals surface area (Å²) in [5, 5.41) is 13.5. The topological polar surface area (TPSA) is 86.7 Å². The summed E-state index contributed by atoms with van der Waals surface area (Å²) in [7, 11) is 0. The lowest BCUT2D eigenvalue weighted by atomic mass is 9.73. The van der Waals surface area contributed by atoms with Crippen molar-refractivity contribution in [3.63, 3.8) is 0 Å². The average molecular weight is 435 g/mol. The van der Waals surface area contributed by atoms with Crippen LogP contribution in [0.25, 0.3) is 11.1 Å². The van der Waals surface area contributed by atoms with Crippen LogP contribution in [0.15, 0.2) is 54.6 Å². The highest BCUT2D eigenvalue weighted by molar-refractivity contribution is 6.09. The van der Waals surface area contributed by atoms with Crippen molar-refractivity contribution in [2.75, 3.05) is 6.54 Å². The van der Waals surface area contributed by atoms with E-state index in [1.807, 2.05) is 61.5 Å². The number of benzene rings is 2. The summed E-state index contributed by atoms with van der Waals surface area (Å²) in [6.07, 6.45) is 1.56. The number of imide groups is 1. The highest BCUT2D eigenvalue weighted by Gasteiger charge is 2.69. The predicted molar refractivity (Wildman–Crippen MR) is 122 cm³/mol.